The average molecular weight is 407 g/mol. The Kier molecular flexibility index (Phi) is 6.29. The zero-order chi connectivity index (χ0) is 19.4. The first-order valence-electron chi connectivity index (χ1n) is 8.64. The van der Waals surface area contributed by atoms with Crippen molar-refractivity contribution in [3.63, 3.8) is 0 Å². The number of rotatable bonds is 5. The van der Waals surface area contributed by atoms with Gasteiger partial charge in [-0.25, -0.2) is 0 Å². The lowest BCUT2D eigenvalue weighted by molar-refractivity contribution is -0.118. The number of hydrogen-bond acceptors (Lipinski definition) is 3. The molecule has 1 aliphatic rings. The molecule has 0 aromatic rings. The van der Waals surface area contributed by atoms with E-state index in [-0.39, 0.29) is 10.8 Å². The van der Waals surface area contributed by atoms with Crippen molar-refractivity contribution in [2.75, 3.05) is 0 Å². The Labute approximate surface area is 154 Å². The van der Waals surface area contributed by atoms with Crippen molar-refractivity contribution in [1.29, 1.82) is 0 Å². The van der Waals surface area contributed by atoms with Gasteiger partial charge in [-0.05, 0) is 47.5 Å². The fourth-order valence-corrected chi connectivity index (χ4v) is 13.1. The minimum atomic E-state index is -1.81. The van der Waals surface area contributed by atoms with E-state index < -0.39 is 29.6 Å². The second kappa shape index (κ2) is 6.66. The van der Waals surface area contributed by atoms with E-state index in [0.717, 1.165) is 13.4 Å². The van der Waals surface area contributed by atoms with Crippen LogP contribution in [0.25, 0.3) is 0 Å². The van der Waals surface area contributed by atoms with Crippen LogP contribution in [0.2, 0.25) is 39.3 Å². The molecular formula is C17H36O3P2Si2. The van der Waals surface area contributed by atoms with Crippen molar-refractivity contribution in [3.8, 4) is 0 Å². The lowest BCUT2D eigenvalue weighted by Crippen LogP contribution is -2.54. The Morgan fingerprint density at radius 2 is 1.42 bits per heavy atom. The molecule has 3 nitrogen and oxygen atoms in total. The second-order valence-electron chi connectivity index (χ2n) is 10.6. The van der Waals surface area contributed by atoms with Crippen LogP contribution in [-0.2, 0) is 13.6 Å². The van der Waals surface area contributed by atoms with Gasteiger partial charge in [0.1, 0.15) is 10.3 Å². The Hall–Kier alpha value is 0.624. The third kappa shape index (κ3) is 5.08. The largest absolute Gasteiger partial charge is 0.400 e. The van der Waals surface area contributed by atoms with Crippen LogP contribution >= 0.6 is 16.1 Å². The van der Waals surface area contributed by atoms with Crippen LogP contribution in [0.1, 0.15) is 41.5 Å². The second-order valence-corrected chi connectivity index (χ2v) is 23.5. The van der Waals surface area contributed by atoms with Gasteiger partial charge >= 0.3 is 0 Å². The number of carbonyl (C=O) groups excluding carboxylic acids is 1. The quantitative estimate of drug-likeness (QED) is 0.386. The van der Waals surface area contributed by atoms with Crippen LogP contribution in [0, 0.1) is 10.8 Å². The predicted molar refractivity (Wildman–Crippen MR) is 114 cm³/mol. The molecule has 0 saturated carbocycles. The Morgan fingerprint density at radius 3 is 1.71 bits per heavy atom. The first-order chi connectivity index (χ1) is 10.3. The number of carbonyl (C=O) groups is 1. The maximum Gasteiger partial charge on any atom is 0.192 e. The van der Waals surface area contributed by atoms with E-state index >= 15 is 0 Å². The minimum Gasteiger partial charge on any atom is -0.400 e. The highest BCUT2D eigenvalue weighted by Crippen LogP contribution is 2.76. The average Bonchev–Trinajstić information content (AvgIpc) is 2.19. The molecule has 1 heterocycles. The molecule has 2 atom stereocenters. The lowest BCUT2D eigenvalue weighted by atomic mass is 9.97. The van der Waals surface area contributed by atoms with Gasteiger partial charge in [-0.15, -0.1) is 0 Å². The van der Waals surface area contributed by atoms with Crippen LogP contribution in [0.15, 0.2) is 0 Å². The highest BCUT2D eigenvalue weighted by atomic mass is 31.2. The van der Waals surface area contributed by atoms with Crippen LogP contribution in [0.5, 0.6) is 0 Å². The van der Waals surface area contributed by atoms with Crippen molar-refractivity contribution in [3.05, 3.63) is 0 Å². The Morgan fingerprint density at radius 1 is 0.958 bits per heavy atom. The molecule has 0 bridgehead atoms. The summed E-state index contributed by atoms with van der Waals surface area (Å²) in [6, 6.07) is 0. The summed E-state index contributed by atoms with van der Waals surface area (Å²) in [7, 11) is -3.55. The van der Waals surface area contributed by atoms with E-state index in [2.05, 4.69) is 60.1 Å². The van der Waals surface area contributed by atoms with E-state index in [1.165, 1.54) is 0 Å². The smallest absolute Gasteiger partial charge is 0.192 e. The van der Waals surface area contributed by atoms with Gasteiger partial charge < -0.3 is 8.85 Å². The number of hydrogen-bond donors (Lipinski definition) is 0. The van der Waals surface area contributed by atoms with Gasteiger partial charge in [0.2, 0.25) is 0 Å². The molecule has 0 aromatic carbocycles. The summed E-state index contributed by atoms with van der Waals surface area (Å²) in [6.45, 7) is 25.8. The standard InChI is InChI=1S/C17H36O3P2Si2/c1-15(2,3)13(18)22-14(19-23(7,8)9)21-17(22,16(4,5)6)20-24(10,11)12/h1-12H3. The van der Waals surface area contributed by atoms with Gasteiger partial charge in [-0.2, -0.15) is 0 Å². The third-order valence-corrected chi connectivity index (χ3v) is 11.9. The topological polar surface area (TPSA) is 35.5 Å². The summed E-state index contributed by atoms with van der Waals surface area (Å²) in [5.41, 5.74) is -0.180. The highest BCUT2D eigenvalue weighted by Gasteiger charge is 2.63. The first kappa shape index (κ1) is 22.7. The zero-order valence-electron chi connectivity index (χ0n) is 17.6. The van der Waals surface area contributed by atoms with Gasteiger partial charge in [0.25, 0.3) is 0 Å². The summed E-state index contributed by atoms with van der Waals surface area (Å²) in [5.74, 6) is 0. The van der Waals surface area contributed by atoms with Gasteiger partial charge in [0.15, 0.2) is 22.2 Å². The SMILES string of the molecule is CC(C)(C)C(=O)P1C(O[Si](C)(C)C)=PC1(O[Si](C)(C)C)C(C)(C)C. The van der Waals surface area contributed by atoms with Gasteiger partial charge in [0.05, 0.1) is 7.92 Å². The van der Waals surface area contributed by atoms with Crippen molar-refractivity contribution >= 4 is 43.5 Å². The lowest BCUT2D eigenvalue weighted by Gasteiger charge is -2.56. The molecule has 0 aliphatic carbocycles. The summed E-state index contributed by atoms with van der Waals surface area (Å²) >= 11 is 0. The molecule has 7 heteroatoms. The molecule has 0 spiro atoms. The Balaban J connectivity index is 3.47. The molecule has 0 aromatic heterocycles. The van der Waals surface area contributed by atoms with Crippen molar-refractivity contribution in [2.24, 2.45) is 10.8 Å². The fraction of sp³-hybridized carbons (Fsp3) is 0.882. The molecule has 1 rings (SSSR count). The first-order valence-corrected chi connectivity index (χ1v) is 17.7. The van der Waals surface area contributed by atoms with E-state index in [1.807, 2.05) is 20.8 Å². The molecule has 0 fully saturated rings. The molecule has 140 valence electrons. The van der Waals surface area contributed by atoms with Crippen molar-refractivity contribution < 1.29 is 13.6 Å². The van der Waals surface area contributed by atoms with Crippen LogP contribution in [-0.4, -0.2) is 32.5 Å². The van der Waals surface area contributed by atoms with Gasteiger partial charge in [-0.1, -0.05) is 41.5 Å². The molecule has 24 heavy (non-hydrogen) atoms. The summed E-state index contributed by atoms with van der Waals surface area (Å²) in [4.78, 5) is 13.4. The normalized spacial score (nSPS) is 26.7. The van der Waals surface area contributed by atoms with Gasteiger partial charge in [-0.3, -0.25) is 4.79 Å². The molecule has 0 radical (unpaired) electrons. The highest BCUT2D eigenvalue weighted by molar-refractivity contribution is 8.08. The maximum atomic E-state index is 13.4. The zero-order valence-corrected chi connectivity index (χ0v) is 21.4. The van der Waals surface area contributed by atoms with E-state index in [4.69, 9.17) is 8.85 Å². The van der Waals surface area contributed by atoms with Crippen LogP contribution in [0.4, 0.5) is 0 Å². The van der Waals surface area contributed by atoms with E-state index in [9.17, 15) is 4.79 Å². The molecule has 0 amide bonds. The Bertz CT molecular complexity index is 534. The maximum absolute atomic E-state index is 13.4. The van der Waals surface area contributed by atoms with E-state index in [0.29, 0.717) is 5.52 Å². The summed E-state index contributed by atoms with van der Waals surface area (Å²) < 4.78 is 13.1. The predicted octanol–water partition coefficient (Wildman–Crippen LogP) is 6.49. The monoisotopic (exact) mass is 406 g/mol. The van der Waals surface area contributed by atoms with Crippen LogP contribution in [0.3, 0.4) is 0 Å². The van der Waals surface area contributed by atoms with Crippen LogP contribution < -0.4 is 0 Å². The molecule has 2 unspecified atom stereocenters. The molecule has 0 saturated heterocycles. The van der Waals surface area contributed by atoms with Crippen molar-refractivity contribution in [1.82, 2.24) is 0 Å². The molecule has 0 N–H and O–H groups in total. The van der Waals surface area contributed by atoms with Gasteiger partial charge in [0, 0.05) is 10.8 Å². The van der Waals surface area contributed by atoms with Crippen molar-refractivity contribution in [2.45, 2.75) is 85.9 Å². The fourth-order valence-electron chi connectivity index (χ4n) is 2.37. The summed E-state index contributed by atoms with van der Waals surface area (Å²) in [5, 5.41) is 0.587. The molecule has 1 aliphatic heterocycles. The third-order valence-electron chi connectivity index (χ3n) is 3.41. The molecular weight excluding hydrogens is 370 g/mol. The van der Waals surface area contributed by atoms with E-state index in [1.54, 1.807) is 0 Å². The summed E-state index contributed by atoms with van der Waals surface area (Å²) in [6.07, 6.45) is 0. The minimum absolute atomic E-state index is 0.103.